The number of nitrogens with one attached hydrogen (secondary N) is 2. The molecule has 1 aromatic heterocycles. The summed E-state index contributed by atoms with van der Waals surface area (Å²) in [6.45, 7) is 0.611. The standard InChI is InChI=1S/C18H24N4O/c1-22-15(11-13-20-22)10-12-19-18(23)21-17-9-5-3-7-14-6-2-4-8-16(14)17/h2,4,6,8,11,13,17H,3,5,7,9-10,12H2,1H3,(H2,19,21,23)/t17-/m0/s1. The minimum absolute atomic E-state index is 0.0890. The van der Waals surface area contributed by atoms with Gasteiger partial charge in [-0.25, -0.2) is 4.79 Å². The lowest BCUT2D eigenvalue weighted by atomic mass is 9.99. The maximum absolute atomic E-state index is 12.2. The number of rotatable bonds is 4. The van der Waals surface area contributed by atoms with E-state index >= 15 is 0 Å². The Bertz CT molecular complexity index is 665. The van der Waals surface area contributed by atoms with E-state index in [0.717, 1.165) is 31.4 Å². The summed E-state index contributed by atoms with van der Waals surface area (Å²) in [4.78, 5) is 12.2. The Morgan fingerprint density at radius 2 is 2.17 bits per heavy atom. The van der Waals surface area contributed by atoms with Crippen molar-refractivity contribution in [1.29, 1.82) is 0 Å². The molecular weight excluding hydrogens is 288 g/mol. The maximum atomic E-state index is 12.2. The maximum Gasteiger partial charge on any atom is 0.315 e. The summed E-state index contributed by atoms with van der Waals surface area (Å²) in [5.41, 5.74) is 3.75. The number of carbonyl (C=O) groups excluding carboxylic acids is 1. The number of benzene rings is 1. The fourth-order valence-electron chi connectivity index (χ4n) is 3.23. The molecule has 0 unspecified atom stereocenters. The van der Waals surface area contributed by atoms with Crippen molar-refractivity contribution in [3.8, 4) is 0 Å². The zero-order valence-electron chi connectivity index (χ0n) is 13.6. The molecule has 5 nitrogen and oxygen atoms in total. The molecule has 0 aliphatic heterocycles. The van der Waals surface area contributed by atoms with Crippen LogP contribution in [0.25, 0.3) is 0 Å². The smallest absolute Gasteiger partial charge is 0.315 e. The van der Waals surface area contributed by atoms with Gasteiger partial charge in [0.1, 0.15) is 0 Å². The molecule has 0 spiro atoms. The molecule has 1 aliphatic rings. The van der Waals surface area contributed by atoms with Crippen molar-refractivity contribution in [2.75, 3.05) is 6.54 Å². The molecule has 1 atom stereocenters. The van der Waals surface area contributed by atoms with Crippen LogP contribution in [0.1, 0.15) is 42.1 Å². The third-order valence-electron chi connectivity index (χ3n) is 4.51. The molecule has 2 amide bonds. The quantitative estimate of drug-likeness (QED) is 0.853. The van der Waals surface area contributed by atoms with Crippen molar-refractivity contribution in [3.63, 3.8) is 0 Å². The molecule has 23 heavy (non-hydrogen) atoms. The molecule has 0 radical (unpaired) electrons. The van der Waals surface area contributed by atoms with Gasteiger partial charge in [0.25, 0.3) is 0 Å². The van der Waals surface area contributed by atoms with E-state index in [2.05, 4.69) is 40.0 Å². The van der Waals surface area contributed by atoms with Crippen molar-refractivity contribution in [2.24, 2.45) is 7.05 Å². The molecule has 122 valence electrons. The van der Waals surface area contributed by atoms with Gasteiger partial charge in [-0.1, -0.05) is 30.7 Å². The van der Waals surface area contributed by atoms with Crippen LogP contribution >= 0.6 is 0 Å². The van der Waals surface area contributed by atoms with Crippen LogP contribution in [0.3, 0.4) is 0 Å². The van der Waals surface area contributed by atoms with Crippen LogP contribution in [-0.2, 0) is 19.9 Å². The highest BCUT2D eigenvalue weighted by Crippen LogP contribution is 2.28. The van der Waals surface area contributed by atoms with E-state index < -0.39 is 0 Å². The summed E-state index contributed by atoms with van der Waals surface area (Å²) in [6.07, 6.45) is 7.01. The van der Waals surface area contributed by atoms with Gasteiger partial charge in [0.15, 0.2) is 0 Å². The van der Waals surface area contributed by atoms with E-state index in [0.29, 0.717) is 6.54 Å². The summed E-state index contributed by atoms with van der Waals surface area (Å²) in [5.74, 6) is 0. The lowest BCUT2D eigenvalue weighted by Gasteiger charge is -2.19. The van der Waals surface area contributed by atoms with Crippen molar-refractivity contribution in [2.45, 2.75) is 38.1 Å². The van der Waals surface area contributed by atoms with Gasteiger partial charge in [-0.05, 0) is 36.5 Å². The molecule has 2 aromatic rings. The Hall–Kier alpha value is -2.30. The van der Waals surface area contributed by atoms with E-state index in [1.54, 1.807) is 6.20 Å². The number of fused-ring (bicyclic) bond motifs is 1. The number of hydrogen-bond donors (Lipinski definition) is 2. The molecule has 1 aromatic carbocycles. The van der Waals surface area contributed by atoms with Crippen LogP contribution in [0.2, 0.25) is 0 Å². The fraction of sp³-hybridized carbons (Fsp3) is 0.444. The van der Waals surface area contributed by atoms with Crippen LogP contribution in [0.15, 0.2) is 36.5 Å². The predicted octanol–water partition coefficient (Wildman–Crippen LogP) is 2.73. The highest BCUT2D eigenvalue weighted by atomic mass is 16.2. The second-order valence-corrected chi connectivity index (χ2v) is 6.09. The summed E-state index contributed by atoms with van der Waals surface area (Å²) in [5, 5.41) is 10.2. The first-order chi connectivity index (χ1) is 11.2. The Morgan fingerprint density at radius 1 is 1.30 bits per heavy atom. The van der Waals surface area contributed by atoms with Crippen molar-refractivity contribution in [3.05, 3.63) is 53.3 Å². The number of urea groups is 1. The largest absolute Gasteiger partial charge is 0.338 e. The predicted molar refractivity (Wildman–Crippen MR) is 90.2 cm³/mol. The van der Waals surface area contributed by atoms with E-state index in [4.69, 9.17) is 0 Å². The van der Waals surface area contributed by atoms with Crippen LogP contribution in [0.5, 0.6) is 0 Å². The molecular formula is C18H24N4O. The molecule has 1 heterocycles. The Labute approximate surface area is 137 Å². The van der Waals surface area contributed by atoms with Crippen molar-refractivity contribution in [1.82, 2.24) is 20.4 Å². The SMILES string of the molecule is Cn1nccc1CCNC(=O)N[C@H]1CCCCc2ccccc21. The van der Waals surface area contributed by atoms with Gasteiger partial charge < -0.3 is 10.6 Å². The number of carbonyl (C=O) groups is 1. The Kier molecular flexibility index (Phi) is 4.95. The van der Waals surface area contributed by atoms with E-state index in [1.165, 1.54) is 17.5 Å². The number of nitrogens with zero attached hydrogens (tertiary/aromatic N) is 2. The lowest BCUT2D eigenvalue weighted by Crippen LogP contribution is -2.39. The first-order valence-corrected chi connectivity index (χ1v) is 8.33. The van der Waals surface area contributed by atoms with Crippen LogP contribution < -0.4 is 10.6 Å². The summed E-state index contributed by atoms with van der Waals surface area (Å²) < 4.78 is 1.83. The third-order valence-corrected chi connectivity index (χ3v) is 4.51. The van der Waals surface area contributed by atoms with Gasteiger partial charge in [0, 0.05) is 31.9 Å². The highest BCUT2D eigenvalue weighted by molar-refractivity contribution is 5.74. The van der Waals surface area contributed by atoms with Crippen LogP contribution in [-0.4, -0.2) is 22.4 Å². The topological polar surface area (TPSA) is 59.0 Å². The average molecular weight is 312 g/mol. The van der Waals surface area contributed by atoms with E-state index in [1.807, 2.05) is 17.8 Å². The molecule has 5 heteroatoms. The average Bonchev–Trinajstić information content (AvgIpc) is 2.85. The summed E-state index contributed by atoms with van der Waals surface area (Å²) in [7, 11) is 1.91. The zero-order valence-corrected chi connectivity index (χ0v) is 13.6. The molecule has 0 bridgehead atoms. The molecule has 0 saturated carbocycles. The molecule has 0 saturated heterocycles. The first kappa shape index (κ1) is 15.6. The Balaban J connectivity index is 1.54. The van der Waals surface area contributed by atoms with Crippen LogP contribution in [0.4, 0.5) is 4.79 Å². The number of aromatic nitrogens is 2. The van der Waals surface area contributed by atoms with E-state index in [-0.39, 0.29) is 12.1 Å². The number of amides is 2. The fourth-order valence-corrected chi connectivity index (χ4v) is 3.23. The number of hydrogen-bond acceptors (Lipinski definition) is 2. The molecule has 3 rings (SSSR count). The van der Waals surface area contributed by atoms with Gasteiger partial charge in [-0.2, -0.15) is 5.10 Å². The zero-order chi connectivity index (χ0) is 16.1. The highest BCUT2D eigenvalue weighted by Gasteiger charge is 2.19. The lowest BCUT2D eigenvalue weighted by molar-refractivity contribution is 0.236. The summed E-state index contributed by atoms with van der Waals surface area (Å²) >= 11 is 0. The normalized spacial score (nSPS) is 17.2. The second-order valence-electron chi connectivity index (χ2n) is 6.09. The summed E-state index contributed by atoms with van der Waals surface area (Å²) in [6, 6.07) is 10.5. The molecule has 2 N–H and O–H groups in total. The van der Waals surface area contributed by atoms with Crippen LogP contribution in [0, 0.1) is 0 Å². The molecule has 1 aliphatic carbocycles. The van der Waals surface area contributed by atoms with E-state index in [9.17, 15) is 4.79 Å². The van der Waals surface area contributed by atoms with Gasteiger partial charge in [0.2, 0.25) is 0 Å². The third kappa shape index (κ3) is 3.92. The van der Waals surface area contributed by atoms with Gasteiger partial charge in [0.05, 0.1) is 6.04 Å². The van der Waals surface area contributed by atoms with Crippen molar-refractivity contribution >= 4 is 6.03 Å². The minimum atomic E-state index is -0.0890. The second kappa shape index (κ2) is 7.31. The van der Waals surface area contributed by atoms with Gasteiger partial charge >= 0.3 is 6.03 Å². The molecule has 0 fully saturated rings. The monoisotopic (exact) mass is 312 g/mol. The van der Waals surface area contributed by atoms with Gasteiger partial charge in [-0.3, -0.25) is 4.68 Å². The first-order valence-electron chi connectivity index (χ1n) is 8.33. The van der Waals surface area contributed by atoms with Crippen molar-refractivity contribution < 1.29 is 4.79 Å². The number of aryl methyl sites for hydroxylation is 2. The van der Waals surface area contributed by atoms with Gasteiger partial charge in [-0.15, -0.1) is 0 Å². The Morgan fingerprint density at radius 3 is 3.00 bits per heavy atom. The minimum Gasteiger partial charge on any atom is -0.338 e.